The zero-order chi connectivity index (χ0) is 22.8. The van der Waals surface area contributed by atoms with Gasteiger partial charge in [0, 0.05) is 32.8 Å². The van der Waals surface area contributed by atoms with E-state index in [-0.39, 0.29) is 29.7 Å². The van der Waals surface area contributed by atoms with Gasteiger partial charge in [0.25, 0.3) is 5.91 Å². The molecule has 31 heavy (non-hydrogen) atoms. The van der Waals surface area contributed by atoms with E-state index in [1.54, 1.807) is 0 Å². The van der Waals surface area contributed by atoms with Gasteiger partial charge in [0.1, 0.15) is 22.8 Å². The summed E-state index contributed by atoms with van der Waals surface area (Å²) in [5.74, 6) is -5.57. The van der Waals surface area contributed by atoms with E-state index in [1.807, 2.05) is 12.3 Å². The van der Waals surface area contributed by atoms with Crippen LogP contribution in [0, 0.1) is 15.4 Å². The lowest BCUT2D eigenvalue weighted by molar-refractivity contribution is -0.147. The molecular weight excluding hydrogens is 537 g/mol. The Kier molecular flexibility index (Phi) is 5.38. The first-order valence-electron chi connectivity index (χ1n) is 9.53. The van der Waals surface area contributed by atoms with Crippen LogP contribution < -0.4 is 5.73 Å². The number of thioether (sulfide) groups is 1. The summed E-state index contributed by atoms with van der Waals surface area (Å²) in [6, 6.07) is 1.84. The average molecular weight is 557 g/mol. The molecule has 10 heteroatoms. The molecule has 0 saturated heterocycles. The smallest absolute Gasteiger partial charge is 0.255 e. The number of primary amides is 1. The van der Waals surface area contributed by atoms with Crippen LogP contribution in [0.15, 0.2) is 23.0 Å². The van der Waals surface area contributed by atoms with Crippen LogP contribution >= 0.6 is 34.4 Å². The summed E-state index contributed by atoms with van der Waals surface area (Å²) in [6.45, 7) is 0. The number of phenolic OH excluding ortho intramolecular Hbond substituents is 1. The third-order valence-corrected chi connectivity index (χ3v) is 7.95. The number of fused-ring (bicyclic) bond motifs is 3. The molecule has 0 spiro atoms. The normalized spacial score (nSPS) is 27.7. The van der Waals surface area contributed by atoms with E-state index in [9.17, 15) is 34.8 Å². The van der Waals surface area contributed by atoms with E-state index < -0.39 is 52.0 Å². The number of ketones is 2. The molecular formula is C21H20INO7S. The van der Waals surface area contributed by atoms with Gasteiger partial charge in [-0.3, -0.25) is 14.4 Å². The molecule has 8 nitrogen and oxygen atoms in total. The van der Waals surface area contributed by atoms with Crippen molar-refractivity contribution in [1.29, 1.82) is 0 Å². The lowest BCUT2D eigenvalue weighted by Gasteiger charge is -2.46. The summed E-state index contributed by atoms with van der Waals surface area (Å²) >= 11 is 3.61. The molecule has 0 aliphatic heterocycles. The number of Topliss-reactive ketones (excluding diaryl/α,β-unsaturated/α-hetero) is 2. The summed E-state index contributed by atoms with van der Waals surface area (Å²) in [5.41, 5.74) is 3.17. The van der Waals surface area contributed by atoms with E-state index in [2.05, 4.69) is 22.6 Å². The van der Waals surface area contributed by atoms with E-state index in [0.29, 0.717) is 23.3 Å². The molecule has 1 aromatic carbocycles. The highest BCUT2D eigenvalue weighted by Crippen LogP contribution is 2.52. The fourth-order valence-electron chi connectivity index (χ4n) is 4.96. The largest absolute Gasteiger partial charge is 0.508 e. The molecule has 0 heterocycles. The predicted octanol–water partition coefficient (Wildman–Crippen LogP) is 1.89. The van der Waals surface area contributed by atoms with Crippen LogP contribution in [-0.4, -0.2) is 49.8 Å². The predicted molar refractivity (Wildman–Crippen MR) is 121 cm³/mol. The highest BCUT2D eigenvalue weighted by Gasteiger charge is 2.60. The Morgan fingerprint density at radius 1 is 1.29 bits per heavy atom. The van der Waals surface area contributed by atoms with Crippen LogP contribution in [0.5, 0.6) is 5.75 Å². The molecule has 1 saturated carbocycles. The van der Waals surface area contributed by atoms with Crippen LogP contribution in [0.4, 0.5) is 0 Å². The average Bonchev–Trinajstić information content (AvgIpc) is 2.68. The zero-order valence-electron chi connectivity index (χ0n) is 16.4. The number of carbonyl (C=O) groups excluding carboxylic acids is 3. The molecule has 3 unspecified atom stereocenters. The van der Waals surface area contributed by atoms with Gasteiger partial charge >= 0.3 is 0 Å². The quantitative estimate of drug-likeness (QED) is 0.279. The van der Waals surface area contributed by atoms with Crippen molar-refractivity contribution < 1.29 is 34.8 Å². The Morgan fingerprint density at radius 2 is 1.97 bits per heavy atom. The van der Waals surface area contributed by atoms with Gasteiger partial charge in [0.15, 0.2) is 11.4 Å². The van der Waals surface area contributed by atoms with Crippen LogP contribution in [0.1, 0.15) is 29.5 Å². The monoisotopic (exact) mass is 557 g/mol. The van der Waals surface area contributed by atoms with Crippen molar-refractivity contribution in [3.63, 3.8) is 0 Å². The minimum atomic E-state index is -2.53. The second kappa shape index (κ2) is 7.52. The summed E-state index contributed by atoms with van der Waals surface area (Å²) in [4.78, 5) is 37.4. The van der Waals surface area contributed by atoms with Gasteiger partial charge < -0.3 is 26.2 Å². The third-order valence-electron chi connectivity index (χ3n) is 6.39. The molecule has 164 valence electrons. The maximum atomic E-state index is 13.4. The number of aliphatic hydroxyl groups is 3. The number of halogens is 1. The number of aliphatic hydroxyl groups excluding tert-OH is 2. The summed E-state index contributed by atoms with van der Waals surface area (Å²) < 4.78 is 0.826. The van der Waals surface area contributed by atoms with Crippen LogP contribution in [0.25, 0.3) is 5.76 Å². The summed E-state index contributed by atoms with van der Waals surface area (Å²) in [5, 5.41) is 43.6. The summed E-state index contributed by atoms with van der Waals surface area (Å²) in [7, 11) is 0. The van der Waals surface area contributed by atoms with Gasteiger partial charge in [-0.05, 0) is 59.2 Å². The molecule has 3 aliphatic rings. The van der Waals surface area contributed by atoms with Gasteiger partial charge in [0.2, 0.25) is 5.78 Å². The van der Waals surface area contributed by atoms with Gasteiger partial charge in [-0.15, -0.1) is 0 Å². The number of phenols is 1. The fraction of sp³-hybridized carbons (Fsp3) is 0.381. The lowest BCUT2D eigenvalue weighted by Crippen LogP contribution is -2.58. The first-order valence-corrected chi connectivity index (χ1v) is 12.0. The van der Waals surface area contributed by atoms with Gasteiger partial charge in [0.05, 0.1) is 5.56 Å². The van der Waals surface area contributed by atoms with Crippen molar-refractivity contribution in [2.75, 3.05) is 6.26 Å². The molecule has 0 aromatic heterocycles. The standard InChI is InChI=1S/C21H20INO7S/c1-31-6-8-4-11(22)10-3-7-2-9-5-12(24)15(20(23)29)19(28)21(9,30)18(27)13(7)17(26)14(10)16(8)25/h4,7,9,25-26,28,30H,2-3,5-6H2,1H3,(H2,23,29). The maximum Gasteiger partial charge on any atom is 0.255 e. The highest BCUT2D eigenvalue weighted by molar-refractivity contribution is 14.1. The number of rotatable bonds is 3. The SMILES string of the molecule is CSCc1cc(I)c2c(c1O)C(O)=C1C(=O)C3(O)C(O)=C(C(N)=O)C(=O)CC3CC1C2. The first kappa shape index (κ1) is 22.2. The topological polar surface area (TPSA) is 158 Å². The minimum Gasteiger partial charge on any atom is -0.508 e. The zero-order valence-corrected chi connectivity index (χ0v) is 19.4. The van der Waals surface area contributed by atoms with Crippen molar-refractivity contribution in [2.45, 2.75) is 30.6 Å². The lowest BCUT2D eigenvalue weighted by atomic mass is 9.59. The number of hydrogen-bond acceptors (Lipinski definition) is 8. The van der Waals surface area contributed by atoms with Crippen molar-refractivity contribution >= 4 is 57.6 Å². The molecule has 4 rings (SSSR count). The Labute approximate surface area is 195 Å². The fourth-order valence-corrected chi connectivity index (χ4v) is 6.36. The molecule has 1 fully saturated rings. The minimum absolute atomic E-state index is 0.122. The Morgan fingerprint density at radius 3 is 2.58 bits per heavy atom. The Hall–Kier alpha value is -2.05. The Bertz CT molecular complexity index is 1130. The van der Waals surface area contributed by atoms with Crippen LogP contribution in [-0.2, 0) is 26.6 Å². The molecule has 6 N–H and O–H groups in total. The molecule has 1 amide bonds. The van der Waals surface area contributed by atoms with Crippen LogP contribution in [0.2, 0.25) is 0 Å². The van der Waals surface area contributed by atoms with E-state index in [1.165, 1.54) is 11.8 Å². The number of carbonyl (C=O) groups is 3. The van der Waals surface area contributed by atoms with Crippen molar-refractivity contribution in [1.82, 2.24) is 0 Å². The number of amides is 1. The van der Waals surface area contributed by atoms with Gasteiger partial charge in [-0.2, -0.15) is 11.8 Å². The van der Waals surface area contributed by atoms with Crippen LogP contribution in [0.3, 0.4) is 0 Å². The molecule has 3 aliphatic carbocycles. The number of benzene rings is 1. The molecule has 0 bridgehead atoms. The van der Waals surface area contributed by atoms with Crippen molar-refractivity contribution in [3.8, 4) is 5.75 Å². The third kappa shape index (κ3) is 3.02. The Balaban J connectivity index is 1.93. The van der Waals surface area contributed by atoms with Crippen molar-refractivity contribution in [3.05, 3.63) is 43.2 Å². The van der Waals surface area contributed by atoms with Crippen molar-refractivity contribution in [2.24, 2.45) is 17.6 Å². The van der Waals surface area contributed by atoms with E-state index in [0.717, 1.165) is 3.57 Å². The molecule has 1 aromatic rings. The first-order chi connectivity index (χ1) is 14.5. The summed E-state index contributed by atoms with van der Waals surface area (Å²) in [6.07, 6.45) is 2.00. The maximum absolute atomic E-state index is 13.4. The molecule has 0 radical (unpaired) electrons. The van der Waals surface area contributed by atoms with Gasteiger partial charge in [-0.25, -0.2) is 0 Å². The van der Waals surface area contributed by atoms with Gasteiger partial charge in [-0.1, -0.05) is 0 Å². The highest BCUT2D eigenvalue weighted by atomic mass is 127. The second-order valence-corrected chi connectivity index (χ2v) is 10.1. The molecule has 3 atom stereocenters. The van der Waals surface area contributed by atoms with E-state index in [4.69, 9.17) is 5.73 Å². The number of nitrogens with two attached hydrogens (primary N) is 1. The number of hydrogen-bond donors (Lipinski definition) is 5. The number of aromatic hydroxyl groups is 1. The second-order valence-electron chi connectivity index (χ2n) is 8.06. The van der Waals surface area contributed by atoms with E-state index >= 15 is 0 Å².